The number of methoxy groups -OCH3 is 1. The Morgan fingerprint density at radius 1 is 0.917 bits per heavy atom. The molecule has 0 unspecified atom stereocenters. The summed E-state index contributed by atoms with van der Waals surface area (Å²) in [6.45, 7) is 0. The van der Waals surface area contributed by atoms with Crippen molar-refractivity contribution in [3.63, 3.8) is 0 Å². The lowest BCUT2D eigenvalue weighted by molar-refractivity contribution is -0.142. The summed E-state index contributed by atoms with van der Waals surface area (Å²) in [4.78, 5) is 35.7. The molecule has 2 N–H and O–H groups in total. The molecule has 124 valence electrons. The summed E-state index contributed by atoms with van der Waals surface area (Å²) in [5.41, 5.74) is 1.23. The Balaban J connectivity index is 2.06. The van der Waals surface area contributed by atoms with Crippen molar-refractivity contribution in [1.82, 2.24) is 5.32 Å². The molecule has 2 aromatic carbocycles. The highest BCUT2D eigenvalue weighted by Crippen LogP contribution is 2.17. The van der Waals surface area contributed by atoms with E-state index >= 15 is 0 Å². The maximum absolute atomic E-state index is 12.1. The van der Waals surface area contributed by atoms with Gasteiger partial charge in [0.2, 0.25) is 0 Å². The van der Waals surface area contributed by atoms with Crippen LogP contribution in [0.1, 0.15) is 18.0 Å². The number of amides is 2. The van der Waals surface area contributed by atoms with Crippen molar-refractivity contribution >= 4 is 23.5 Å². The van der Waals surface area contributed by atoms with Gasteiger partial charge in [-0.15, -0.1) is 0 Å². The molecule has 6 nitrogen and oxygen atoms in total. The van der Waals surface area contributed by atoms with Crippen LogP contribution in [-0.2, 0) is 19.1 Å². The Bertz CT molecular complexity index is 701. The average molecular weight is 326 g/mol. The second-order valence-electron chi connectivity index (χ2n) is 5.04. The van der Waals surface area contributed by atoms with E-state index < -0.39 is 23.8 Å². The summed E-state index contributed by atoms with van der Waals surface area (Å²) in [6.07, 6.45) is -0.0646. The molecule has 0 heterocycles. The van der Waals surface area contributed by atoms with E-state index in [1.54, 1.807) is 54.6 Å². The van der Waals surface area contributed by atoms with Crippen LogP contribution in [-0.4, -0.2) is 24.9 Å². The summed E-state index contributed by atoms with van der Waals surface area (Å²) in [6, 6.07) is 16.9. The van der Waals surface area contributed by atoms with Gasteiger partial charge < -0.3 is 15.4 Å². The molecule has 0 spiro atoms. The van der Waals surface area contributed by atoms with Crippen molar-refractivity contribution in [2.24, 2.45) is 0 Å². The molecule has 2 amide bonds. The minimum atomic E-state index is -0.823. The third-order valence-electron chi connectivity index (χ3n) is 3.34. The Labute approximate surface area is 139 Å². The smallest absolute Gasteiger partial charge is 0.313 e. The van der Waals surface area contributed by atoms with Crippen molar-refractivity contribution < 1.29 is 19.1 Å². The number of carbonyl (C=O) groups excluding carboxylic acids is 3. The Hall–Kier alpha value is -3.15. The molecule has 6 heteroatoms. The second-order valence-corrected chi connectivity index (χ2v) is 5.04. The molecule has 0 saturated carbocycles. The minimum absolute atomic E-state index is 0.0646. The number of benzene rings is 2. The lowest BCUT2D eigenvalue weighted by Crippen LogP contribution is -2.38. The topological polar surface area (TPSA) is 84.5 Å². The molecule has 0 aliphatic heterocycles. The van der Waals surface area contributed by atoms with Gasteiger partial charge in [-0.1, -0.05) is 48.5 Å². The van der Waals surface area contributed by atoms with Crippen LogP contribution in [0.25, 0.3) is 0 Å². The highest BCUT2D eigenvalue weighted by Gasteiger charge is 2.22. The first-order valence-corrected chi connectivity index (χ1v) is 7.39. The van der Waals surface area contributed by atoms with Gasteiger partial charge in [-0.05, 0) is 17.7 Å². The zero-order valence-electron chi connectivity index (χ0n) is 13.2. The van der Waals surface area contributed by atoms with Gasteiger partial charge in [0.15, 0.2) is 0 Å². The standard InChI is InChI=1S/C18H18N2O4/c1-24-16(21)12-15(13-8-4-2-5-9-13)20-18(23)17(22)19-14-10-6-3-7-11-14/h2-11,15H,12H2,1H3,(H,19,22)(H,20,23)/t15-/m1/s1. The third-order valence-corrected chi connectivity index (χ3v) is 3.34. The van der Waals surface area contributed by atoms with Gasteiger partial charge in [0.25, 0.3) is 0 Å². The zero-order valence-corrected chi connectivity index (χ0v) is 13.2. The molecule has 1 atom stereocenters. The number of rotatable bonds is 5. The van der Waals surface area contributed by atoms with E-state index in [0.717, 1.165) is 0 Å². The summed E-state index contributed by atoms with van der Waals surface area (Å²) in [5.74, 6) is -2.10. The molecule has 0 bridgehead atoms. The highest BCUT2D eigenvalue weighted by molar-refractivity contribution is 6.39. The maximum atomic E-state index is 12.1. The van der Waals surface area contributed by atoms with E-state index in [-0.39, 0.29) is 6.42 Å². The van der Waals surface area contributed by atoms with Gasteiger partial charge in [-0.3, -0.25) is 14.4 Å². The fraction of sp³-hybridized carbons (Fsp3) is 0.167. The van der Waals surface area contributed by atoms with Crippen LogP contribution in [0.5, 0.6) is 0 Å². The fourth-order valence-electron chi connectivity index (χ4n) is 2.12. The number of anilines is 1. The molecule has 0 aromatic heterocycles. The van der Waals surface area contributed by atoms with E-state index in [4.69, 9.17) is 0 Å². The summed E-state index contributed by atoms with van der Waals surface area (Å²) in [5, 5.41) is 5.07. The van der Waals surface area contributed by atoms with Crippen LogP contribution in [0.15, 0.2) is 60.7 Å². The molecule has 0 aliphatic rings. The molecular weight excluding hydrogens is 308 g/mol. The first-order valence-electron chi connectivity index (χ1n) is 7.39. The monoisotopic (exact) mass is 326 g/mol. The van der Waals surface area contributed by atoms with E-state index in [0.29, 0.717) is 11.3 Å². The summed E-state index contributed by atoms with van der Waals surface area (Å²) in [7, 11) is 1.27. The Kier molecular flexibility index (Phi) is 6.08. The van der Waals surface area contributed by atoms with E-state index in [2.05, 4.69) is 15.4 Å². The first-order chi connectivity index (χ1) is 11.6. The molecule has 0 radical (unpaired) electrons. The second kappa shape index (κ2) is 8.47. The lowest BCUT2D eigenvalue weighted by atomic mass is 10.0. The van der Waals surface area contributed by atoms with E-state index in [9.17, 15) is 14.4 Å². The first kappa shape index (κ1) is 17.2. The largest absolute Gasteiger partial charge is 0.469 e. The number of ether oxygens (including phenoxy) is 1. The molecular formula is C18H18N2O4. The summed E-state index contributed by atoms with van der Waals surface area (Å²) < 4.78 is 4.65. The maximum Gasteiger partial charge on any atom is 0.313 e. The van der Waals surface area contributed by atoms with Crippen molar-refractivity contribution in [3.05, 3.63) is 66.2 Å². The van der Waals surface area contributed by atoms with Crippen LogP contribution >= 0.6 is 0 Å². The quantitative estimate of drug-likeness (QED) is 0.650. The molecule has 24 heavy (non-hydrogen) atoms. The van der Waals surface area contributed by atoms with Crippen LogP contribution in [0.2, 0.25) is 0 Å². The molecule has 2 aromatic rings. The fourth-order valence-corrected chi connectivity index (χ4v) is 2.12. The number of esters is 1. The highest BCUT2D eigenvalue weighted by atomic mass is 16.5. The van der Waals surface area contributed by atoms with E-state index in [1.807, 2.05) is 6.07 Å². The predicted molar refractivity (Wildman–Crippen MR) is 89.0 cm³/mol. The van der Waals surface area contributed by atoms with Gasteiger partial charge in [0.1, 0.15) is 0 Å². The minimum Gasteiger partial charge on any atom is -0.469 e. The summed E-state index contributed by atoms with van der Waals surface area (Å²) >= 11 is 0. The number of hydrogen-bond donors (Lipinski definition) is 2. The molecule has 0 fully saturated rings. The van der Waals surface area contributed by atoms with Crippen molar-refractivity contribution in [2.75, 3.05) is 12.4 Å². The normalized spacial score (nSPS) is 11.2. The number of carbonyl (C=O) groups is 3. The SMILES string of the molecule is COC(=O)C[C@@H](NC(=O)C(=O)Nc1ccccc1)c1ccccc1. The van der Waals surface area contributed by atoms with Crippen LogP contribution in [0.3, 0.4) is 0 Å². The number of nitrogens with one attached hydrogen (secondary N) is 2. The van der Waals surface area contributed by atoms with Crippen LogP contribution < -0.4 is 10.6 Å². The number of hydrogen-bond acceptors (Lipinski definition) is 4. The number of para-hydroxylation sites is 1. The van der Waals surface area contributed by atoms with Crippen LogP contribution in [0, 0.1) is 0 Å². The Morgan fingerprint density at radius 2 is 1.50 bits per heavy atom. The van der Waals surface area contributed by atoms with E-state index in [1.165, 1.54) is 7.11 Å². The van der Waals surface area contributed by atoms with Crippen molar-refractivity contribution in [2.45, 2.75) is 12.5 Å². The predicted octanol–water partition coefficient (Wildman–Crippen LogP) is 2.05. The molecule has 0 aliphatic carbocycles. The Morgan fingerprint density at radius 3 is 2.08 bits per heavy atom. The molecule has 0 saturated heterocycles. The lowest BCUT2D eigenvalue weighted by Gasteiger charge is -2.18. The zero-order chi connectivity index (χ0) is 17.4. The van der Waals surface area contributed by atoms with Gasteiger partial charge in [0.05, 0.1) is 19.6 Å². The third kappa shape index (κ3) is 4.95. The van der Waals surface area contributed by atoms with Crippen molar-refractivity contribution in [3.8, 4) is 0 Å². The van der Waals surface area contributed by atoms with Gasteiger partial charge in [-0.25, -0.2) is 0 Å². The van der Waals surface area contributed by atoms with Gasteiger partial charge >= 0.3 is 17.8 Å². The van der Waals surface area contributed by atoms with Crippen LogP contribution in [0.4, 0.5) is 5.69 Å². The molecule has 2 rings (SSSR count). The average Bonchev–Trinajstić information content (AvgIpc) is 2.62. The van der Waals surface area contributed by atoms with Crippen molar-refractivity contribution in [1.29, 1.82) is 0 Å². The van der Waals surface area contributed by atoms with Gasteiger partial charge in [0, 0.05) is 5.69 Å². The van der Waals surface area contributed by atoms with Gasteiger partial charge in [-0.2, -0.15) is 0 Å².